The highest BCUT2D eigenvalue weighted by molar-refractivity contribution is 5.90. The third-order valence-electron chi connectivity index (χ3n) is 3.22. The van der Waals surface area contributed by atoms with Crippen molar-refractivity contribution < 1.29 is 23.2 Å². The molecule has 2 aromatic carbocycles. The lowest BCUT2D eigenvalue weighted by molar-refractivity contribution is -0.384. The largest absolute Gasteiger partial charge is 0.493 e. The molecule has 0 aromatic heterocycles. The number of alkyl halides is 2. The van der Waals surface area contributed by atoms with E-state index < -0.39 is 11.5 Å². The van der Waals surface area contributed by atoms with Crippen LogP contribution in [0.4, 0.5) is 14.5 Å². The summed E-state index contributed by atoms with van der Waals surface area (Å²) in [6.45, 7) is -2.98. The summed E-state index contributed by atoms with van der Waals surface area (Å²) in [6, 6.07) is 11.7. The van der Waals surface area contributed by atoms with Crippen LogP contribution in [0.2, 0.25) is 0 Å². The topological polar surface area (TPSA) is 85.4 Å². The van der Waals surface area contributed by atoms with Crippen molar-refractivity contribution in [3.63, 3.8) is 0 Å². The van der Waals surface area contributed by atoms with Gasteiger partial charge in [-0.1, -0.05) is 6.07 Å². The Balaban J connectivity index is 2.36. The molecular weight excluding hydrogens is 334 g/mol. The first-order valence-corrected chi connectivity index (χ1v) is 6.94. The number of rotatable bonds is 6. The Labute approximate surface area is 141 Å². The molecule has 0 fully saturated rings. The minimum Gasteiger partial charge on any atom is -0.493 e. The van der Waals surface area contributed by atoms with E-state index in [-0.39, 0.29) is 22.8 Å². The van der Waals surface area contributed by atoms with E-state index in [0.29, 0.717) is 11.1 Å². The first kappa shape index (κ1) is 17.9. The summed E-state index contributed by atoms with van der Waals surface area (Å²) in [7, 11) is 1.31. The van der Waals surface area contributed by atoms with Crippen LogP contribution in [0.15, 0.2) is 42.5 Å². The van der Waals surface area contributed by atoms with Gasteiger partial charge in [0.1, 0.15) is 0 Å². The van der Waals surface area contributed by atoms with Gasteiger partial charge in [0.15, 0.2) is 11.5 Å². The average molecular weight is 346 g/mol. The molecule has 0 amide bonds. The molecule has 0 aliphatic rings. The smallest absolute Gasteiger partial charge is 0.387 e. The van der Waals surface area contributed by atoms with Crippen molar-refractivity contribution in [2.24, 2.45) is 0 Å². The Morgan fingerprint density at radius 3 is 2.44 bits per heavy atom. The number of methoxy groups -OCH3 is 1. The highest BCUT2D eigenvalue weighted by Crippen LogP contribution is 2.31. The van der Waals surface area contributed by atoms with Crippen LogP contribution in [0.3, 0.4) is 0 Å². The number of hydrogen-bond acceptors (Lipinski definition) is 5. The number of halogens is 2. The first-order valence-electron chi connectivity index (χ1n) is 6.94. The number of nitriles is 1. The lowest BCUT2D eigenvalue weighted by atomic mass is 10.0. The highest BCUT2D eigenvalue weighted by atomic mass is 19.3. The zero-order chi connectivity index (χ0) is 18.4. The van der Waals surface area contributed by atoms with E-state index in [1.54, 1.807) is 0 Å². The van der Waals surface area contributed by atoms with Crippen LogP contribution in [0.1, 0.15) is 11.1 Å². The molecule has 0 saturated carbocycles. The van der Waals surface area contributed by atoms with Gasteiger partial charge in [0.05, 0.1) is 23.7 Å². The van der Waals surface area contributed by atoms with Crippen molar-refractivity contribution in [2.45, 2.75) is 6.61 Å². The van der Waals surface area contributed by atoms with Crippen LogP contribution >= 0.6 is 0 Å². The van der Waals surface area contributed by atoms with Crippen LogP contribution in [-0.4, -0.2) is 18.6 Å². The van der Waals surface area contributed by atoms with Crippen LogP contribution < -0.4 is 9.47 Å². The number of hydrogen-bond donors (Lipinski definition) is 0. The highest BCUT2D eigenvalue weighted by Gasteiger charge is 2.11. The maximum absolute atomic E-state index is 12.3. The standard InChI is InChI=1S/C17H12F2N2O4/c1-24-16-9-11(2-7-15(16)25-17(18)19)8-13(10-20)12-3-5-14(6-4-12)21(22)23/h2-9,17H,1H3. The molecule has 6 nitrogen and oxygen atoms in total. The lowest BCUT2D eigenvalue weighted by Crippen LogP contribution is -2.03. The fourth-order valence-electron chi connectivity index (χ4n) is 2.08. The summed E-state index contributed by atoms with van der Waals surface area (Å²) in [5, 5.41) is 20.0. The average Bonchev–Trinajstić information content (AvgIpc) is 2.60. The molecule has 0 unspecified atom stereocenters. The van der Waals surface area contributed by atoms with E-state index in [0.717, 1.165) is 0 Å². The summed E-state index contributed by atoms with van der Waals surface area (Å²) >= 11 is 0. The molecule has 8 heteroatoms. The summed E-state index contributed by atoms with van der Waals surface area (Å²) in [5.41, 5.74) is 1.17. The van der Waals surface area contributed by atoms with E-state index in [2.05, 4.69) is 4.74 Å². The van der Waals surface area contributed by atoms with Crippen LogP contribution in [0.25, 0.3) is 11.6 Å². The van der Waals surface area contributed by atoms with Gasteiger partial charge in [-0.05, 0) is 41.5 Å². The van der Waals surface area contributed by atoms with Gasteiger partial charge in [0, 0.05) is 12.1 Å². The SMILES string of the molecule is COc1cc(C=C(C#N)c2ccc([N+](=O)[O-])cc2)ccc1OC(F)F. The molecule has 2 rings (SSSR count). The molecule has 0 aliphatic heterocycles. The predicted molar refractivity (Wildman–Crippen MR) is 86.2 cm³/mol. The molecule has 2 aromatic rings. The zero-order valence-electron chi connectivity index (χ0n) is 13.0. The van der Waals surface area contributed by atoms with E-state index in [4.69, 9.17) is 4.74 Å². The molecule has 25 heavy (non-hydrogen) atoms. The molecule has 0 N–H and O–H groups in total. The maximum Gasteiger partial charge on any atom is 0.387 e. The van der Waals surface area contributed by atoms with Gasteiger partial charge in [-0.2, -0.15) is 14.0 Å². The second kappa shape index (κ2) is 7.88. The van der Waals surface area contributed by atoms with Gasteiger partial charge in [0.25, 0.3) is 5.69 Å². The van der Waals surface area contributed by atoms with Crippen molar-refractivity contribution in [3.8, 4) is 17.6 Å². The molecule has 0 atom stereocenters. The predicted octanol–water partition coefficient (Wildman–Crippen LogP) is 4.27. The van der Waals surface area contributed by atoms with Crippen LogP contribution in [0.5, 0.6) is 11.5 Å². The van der Waals surface area contributed by atoms with Crippen molar-refractivity contribution in [1.82, 2.24) is 0 Å². The van der Waals surface area contributed by atoms with Gasteiger partial charge in [-0.3, -0.25) is 10.1 Å². The van der Waals surface area contributed by atoms with Crippen LogP contribution in [-0.2, 0) is 0 Å². The second-order valence-electron chi connectivity index (χ2n) is 4.76. The number of benzene rings is 2. The van der Waals surface area contributed by atoms with E-state index in [1.165, 1.54) is 55.7 Å². The van der Waals surface area contributed by atoms with Gasteiger partial charge in [0.2, 0.25) is 0 Å². The Kier molecular flexibility index (Phi) is 5.63. The zero-order valence-corrected chi connectivity index (χ0v) is 13.0. The number of nitrogens with zero attached hydrogens (tertiary/aromatic N) is 2. The summed E-state index contributed by atoms with van der Waals surface area (Å²) in [5.74, 6) is -0.0291. The van der Waals surface area contributed by atoms with Crippen molar-refractivity contribution >= 4 is 17.3 Å². The Morgan fingerprint density at radius 1 is 1.24 bits per heavy atom. The van der Waals surface area contributed by atoms with E-state index >= 15 is 0 Å². The number of ether oxygens (including phenoxy) is 2. The summed E-state index contributed by atoms with van der Waals surface area (Å²) in [6.07, 6.45) is 1.51. The van der Waals surface area contributed by atoms with Gasteiger partial charge in [-0.15, -0.1) is 0 Å². The Hall–Kier alpha value is -3.47. The number of nitro groups is 1. The molecule has 0 heterocycles. The molecule has 128 valence electrons. The summed E-state index contributed by atoms with van der Waals surface area (Å²) in [4.78, 5) is 10.1. The monoisotopic (exact) mass is 346 g/mol. The number of non-ortho nitro benzene ring substituents is 1. The molecule has 0 spiro atoms. The van der Waals surface area contributed by atoms with Gasteiger partial charge in [-0.25, -0.2) is 0 Å². The normalized spacial score (nSPS) is 11.1. The molecular formula is C17H12F2N2O4. The Bertz CT molecular complexity index is 843. The molecule has 0 radical (unpaired) electrons. The van der Waals surface area contributed by atoms with Crippen molar-refractivity contribution in [2.75, 3.05) is 7.11 Å². The Morgan fingerprint density at radius 2 is 1.92 bits per heavy atom. The second-order valence-corrected chi connectivity index (χ2v) is 4.76. The van der Waals surface area contributed by atoms with E-state index in [1.807, 2.05) is 6.07 Å². The number of nitro benzene ring substituents is 1. The third-order valence-corrected chi connectivity index (χ3v) is 3.22. The quantitative estimate of drug-likeness (QED) is 0.337. The maximum atomic E-state index is 12.3. The molecule has 0 aliphatic carbocycles. The minimum absolute atomic E-state index is 0.0868. The first-order chi connectivity index (χ1) is 11.9. The minimum atomic E-state index is -2.98. The molecule has 0 saturated heterocycles. The summed E-state index contributed by atoms with van der Waals surface area (Å²) < 4.78 is 34.0. The fourth-order valence-corrected chi connectivity index (χ4v) is 2.08. The van der Waals surface area contributed by atoms with Gasteiger partial charge < -0.3 is 9.47 Å². The lowest BCUT2D eigenvalue weighted by Gasteiger charge is -2.10. The van der Waals surface area contributed by atoms with Crippen molar-refractivity contribution in [3.05, 3.63) is 63.7 Å². The van der Waals surface area contributed by atoms with Crippen LogP contribution in [0, 0.1) is 21.4 Å². The van der Waals surface area contributed by atoms with Gasteiger partial charge >= 0.3 is 6.61 Å². The fraction of sp³-hybridized carbons (Fsp3) is 0.118. The number of allylic oxidation sites excluding steroid dienone is 1. The van der Waals surface area contributed by atoms with Crippen molar-refractivity contribution in [1.29, 1.82) is 5.26 Å². The third kappa shape index (κ3) is 4.51. The van der Waals surface area contributed by atoms with E-state index in [9.17, 15) is 24.2 Å². The molecule has 0 bridgehead atoms.